The number of hydrogen-bond donors (Lipinski definition) is 0. The Morgan fingerprint density at radius 2 is 1.94 bits per heavy atom. The Balaban J connectivity index is 1.96. The largest absolute Gasteiger partial charge is 0.489 e. The first-order chi connectivity index (χ1) is 14.8. The fourth-order valence-corrected chi connectivity index (χ4v) is 4.28. The van der Waals surface area contributed by atoms with Gasteiger partial charge in [0.05, 0.1) is 29.3 Å². The third-order valence-corrected chi connectivity index (χ3v) is 6.09. The number of nitriles is 1. The summed E-state index contributed by atoms with van der Waals surface area (Å²) in [5.41, 5.74) is 0.583. The molecular weight excluding hydrogens is 398 g/mol. The fraction of sp³-hybridized carbons (Fsp3) is 0.609. The van der Waals surface area contributed by atoms with Crippen LogP contribution in [0.25, 0.3) is 0 Å². The molecule has 4 atom stereocenters. The van der Waals surface area contributed by atoms with Crippen molar-refractivity contribution in [2.75, 3.05) is 40.9 Å². The van der Waals surface area contributed by atoms with E-state index in [-0.39, 0.29) is 60.5 Å². The number of rotatable bonds is 1. The molecule has 0 radical (unpaired) electrons. The van der Waals surface area contributed by atoms with Crippen LogP contribution in [-0.4, -0.2) is 80.8 Å². The summed E-state index contributed by atoms with van der Waals surface area (Å²) in [4.78, 5) is 29.2. The maximum absolute atomic E-state index is 13.2. The molecule has 1 fully saturated rings. The highest BCUT2D eigenvalue weighted by molar-refractivity contribution is 5.97. The predicted molar refractivity (Wildman–Crippen MR) is 114 cm³/mol. The lowest BCUT2D eigenvalue weighted by molar-refractivity contribution is -0.146. The molecule has 2 aliphatic heterocycles. The number of carbonyl (C=O) groups is 2. The molecule has 3 rings (SSSR count). The molecule has 0 unspecified atom stereocenters. The van der Waals surface area contributed by atoms with Gasteiger partial charge in [0.1, 0.15) is 24.5 Å². The molecule has 0 aliphatic carbocycles. The van der Waals surface area contributed by atoms with Gasteiger partial charge in [0.25, 0.3) is 5.91 Å². The van der Waals surface area contributed by atoms with E-state index in [1.165, 1.54) is 4.90 Å². The SMILES string of the molecule is CO[C@H]1CC[C@@H]2CCN(C)C(=O)[C@H](C)CN(C)C(=O)c3cccc(C#N)c3OC[C@@H]1O2. The van der Waals surface area contributed by atoms with Crippen LogP contribution in [0.1, 0.15) is 42.1 Å². The molecule has 0 spiro atoms. The van der Waals surface area contributed by atoms with Crippen LogP contribution in [0.15, 0.2) is 18.2 Å². The fourth-order valence-electron chi connectivity index (χ4n) is 4.28. The Bertz CT molecular complexity index is 852. The maximum atomic E-state index is 13.2. The number of benzene rings is 1. The van der Waals surface area contributed by atoms with Crippen molar-refractivity contribution in [2.45, 2.75) is 44.5 Å². The van der Waals surface area contributed by atoms with E-state index in [4.69, 9.17) is 14.2 Å². The van der Waals surface area contributed by atoms with Crippen molar-refractivity contribution in [3.05, 3.63) is 29.3 Å². The average Bonchev–Trinajstić information content (AvgIpc) is 2.79. The Labute approximate surface area is 183 Å². The minimum absolute atomic E-state index is 0.00864. The topological polar surface area (TPSA) is 92.1 Å². The molecule has 8 heteroatoms. The van der Waals surface area contributed by atoms with Crippen molar-refractivity contribution in [3.63, 3.8) is 0 Å². The van der Waals surface area contributed by atoms with Gasteiger partial charge in [-0.15, -0.1) is 0 Å². The molecule has 31 heavy (non-hydrogen) atoms. The van der Waals surface area contributed by atoms with Crippen LogP contribution < -0.4 is 4.74 Å². The average molecular weight is 430 g/mol. The van der Waals surface area contributed by atoms with Crippen LogP contribution in [0, 0.1) is 17.2 Å². The predicted octanol–water partition coefficient (Wildman–Crippen LogP) is 2.07. The van der Waals surface area contributed by atoms with E-state index in [9.17, 15) is 14.9 Å². The van der Waals surface area contributed by atoms with E-state index in [0.717, 1.165) is 19.3 Å². The second-order valence-corrected chi connectivity index (χ2v) is 8.39. The summed E-state index contributed by atoms with van der Waals surface area (Å²) in [6, 6.07) is 7.04. The van der Waals surface area contributed by atoms with Crippen LogP contribution in [0.5, 0.6) is 5.75 Å². The van der Waals surface area contributed by atoms with Gasteiger partial charge < -0.3 is 24.0 Å². The van der Waals surface area contributed by atoms with Gasteiger partial charge in [-0.3, -0.25) is 9.59 Å². The minimum Gasteiger partial charge on any atom is -0.489 e. The highest BCUT2D eigenvalue weighted by atomic mass is 16.6. The lowest BCUT2D eigenvalue weighted by Gasteiger charge is -2.36. The first kappa shape index (κ1) is 23.0. The number of fused-ring (bicyclic) bond motifs is 3. The van der Waals surface area contributed by atoms with Gasteiger partial charge >= 0.3 is 0 Å². The van der Waals surface area contributed by atoms with Crippen molar-refractivity contribution >= 4 is 11.8 Å². The van der Waals surface area contributed by atoms with Crippen LogP contribution in [0.3, 0.4) is 0 Å². The van der Waals surface area contributed by atoms with Gasteiger partial charge in [0, 0.05) is 34.3 Å². The van der Waals surface area contributed by atoms with Crippen molar-refractivity contribution in [3.8, 4) is 11.8 Å². The van der Waals surface area contributed by atoms with Crippen LogP contribution in [0.4, 0.5) is 0 Å². The molecule has 1 aromatic rings. The molecule has 0 aromatic heterocycles. The third kappa shape index (κ3) is 5.17. The maximum Gasteiger partial charge on any atom is 0.257 e. The van der Waals surface area contributed by atoms with Crippen LogP contribution in [-0.2, 0) is 14.3 Å². The number of carbonyl (C=O) groups excluding carboxylic acids is 2. The van der Waals surface area contributed by atoms with E-state index in [1.807, 2.05) is 6.92 Å². The Hall–Kier alpha value is -2.63. The second kappa shape index (κ2) is 10.1. The molecule has 168 valence electrons. The second-order valence-electron chi connectivity index (χ2n) is 8.39. The summed E-state index contributed by atoms with van der Waals surface area (Å²) >= 11 is 0. The molecule has 0 saturated carbocycles. The van der Waals surface area contributed by atoms with Gasteiger partial charge in [0.2, 0.25) is 5.91 Å². The molecule has 2 aliphatic rings. The van der Waals surface area contributed by atoms with Gasteiger partial charge in [-0.1, -0.05) is 13.0 Å². The highest BCUT2D eigenvalue weighted by Gasteiger charge is 2.33. The Kier molecular flexibility index (Phi) is 7.52. The number of nitrogens with zero attached hydrogens (tertiary/aromatic N) is 3. The standard InChI is InChI=1S/C23H31N3O5/c1-15-13-26(3)23(28)18-7-5-6-16(12-24)21(18)30-14-20-19(29-4)9-8-17(31-20)10-11-25(2)22(15)27/h5-7,15,17,19-20H,8-11,13-14H2,1-4H3/t15-,17-,19+,20+/m1/s1. The minimum atomic E-state index is -0.356. The quantitative estimate of drug-likeness (QED) is 0.679. The number of amides is 2. The lowest BCUT2D eigenvalue weighted by Crippen LogP contribution is -2.45. The van der Waals surface area contributed by atoms with Crippen molar-refractivity contribution in [1.82, 2.24) is 9.80 Å². The van der Waals surface area contributed by atoms with E-state index < -0.39 is 0 Å². The van der Waals surface area contributed by atoms with Crippen molar-refractivity contribution in [1.29, 1.82) is 5.26 Å². The van der Waals surface area contributed by atoms with Gasteiger partial charge in [-0.25, -0.2) is 0 Å². The molecule has 2 bridgehead atoms. The summed E-state index contributed by atoms with van der Waals surface area (Å²) in [5, 5.41) is 9.57. The molecule has 1 saturated heterocycles. The zero-order valence-electron chi connectivity index (χ0n) is 18.7. The van der Waals surface area contributed by atoms with Gasteiger partial charge in [0.15, 0.2) is 0 Å². The summed E-state index contributed by atoms with van der Waals surface area (Å²) in [6.07, 6.45) is 1.90. The zero-order chi connectivity index (χ0) is 22.5. The normalized spacial score (nSPS) is 28.1. The monoisotopic (exact) mass is 429 g/mol. The van der Waals surface area contributed by atoms with Crippen LogP contribution in [0.2, 0.25) is 0 Å². The lowest BCUT2D eigenvalue weighted by atomic mass is 9.99. The first-order valence-electron chi connectivity index (χ1n) is 10.7. The van der Waals surface area contributed by atoms with E-state index >= 15 is 0 Å². The molecular formula is C23H31N3O5. The molecule has 1 aromatic carbocycles. The highest BCUT2D eigenvalue weighted by Crippen LogP contribution is 2.29. The zero-order valence-corrected chi connectivity index (χ0v) is 18.7. The van der Waals surface area contributed by atoms with E-state index in [0.29, 0.717) is 12.1 Å². The number of para-hydroxylation sites is 1. The van der Waals surface area contributed by atoms with Gasteiger partial charge in [-0.2, -0.15) is 5.26 Å². The van der Waals surface area contributed by atoms with Crippen molar-refractivity contribution in [2.24, 2.45) is 5.92 Å². The third-order valence-electron chi connectivity index (χ3n) is 6.09. The van der Waals surface area contributed by atoms with Crippen molar-refractivity contribution < 1.29 is 23.8 Å². The Morgan fingerprint density at radius 3 is 2.65 bits per heavy atom. The number of ether oxygens (including phenoxy) is 3. The van der Waals surface area contributed by atoms with E-state index in [1.54, 1.807) is 44.3 Å². The van der Waals surface area contributed by atoms with Gasteiger partial charge in [-0.05, 0) is 31.4 Å². The molecule has 2 heterocycles. The summed E-state index contributed by atoms with van der Waals surface area (Å²) in [7, 11) is 5.09. The smallest absolute Gasteiger partial charge is 0.257 e. The Morgan fingerprint density at radius 1 is 1.16 bits per heavy atom. The summed E-state index contributed by atoms with van der Waals surface area (Å²) in [6.45, 7) is 2.84. The molecule has 8 nitrogen and oxygen atoms in total. The molecule has 0 N–H and O–H groups in total. The molecule has 2 amide bonds. The number of hydrogen-bond acceptors (Lipinski definition) is 6. The number of methoxy groups -OCH3 is 1. The summed E-state index contributed by atoms with van der Waals surface area (Å²) < 4.78 is 17.9. The first-order valence-corrected chi connectivity index (χ1v) is 10.7. The van der Waals surface area contributed by atoms with Crippen LogP contribution >= 0.6 is 0 Å². The summed E-state index contributed by atoms with van der Waals surface area (Å²) in [5.74, 6) is -0.423. The van der Waals surface area contributed by atoms with E-state index in [2.05, 4.69) is 6.07 Å².